The highest BCUT2D eigenvalue weighted by molar-refractivity contribution is 7.99. The van der Waals surface area contributed by atoms with Gasteiger partial charge in [-0.25, -0.2) is 0 Å². The summed E-state index contributed by atoms with van der Waals surface area (Å²) in [6.45, 7) is 0. The highest BCUT2D eigenvalue weighted by Crippen LogP contribution is 2.44. The molecule has 0 aromatic rings. The van der Waals surface area contributed by atoms with E-state index in [0.717, 1.165) is 30.8 Å². The Bertz CT molecular complexity index is 230. The Morgan fingerprint density at radius 1 is 1.27 bits per heavy atom. The van der Waals surface area contributed by atoms with Crippen molar-refractivity contribution in [1.82, 2.24) is 0 Å². The third-order valence-corrected chi connectivity index (χ3v) is 5.04. The van der Waals surface area contributed by atoms with Crippen LogP contribution in [0.2, 0.25) is 0 Å². The molecular weight excluding hydrogens is 212 g/mol. The predicted octanol–water partition coefficient (Wildman–Crippen LogP) is 1.60. The third-order valence-electron chi connectivity index (χ3n) is 3.72. The number of aliphatic hydroxyl groups excluding tert-OH is 1. The maximum Gasteiger partial charge on any atom is 0.303 e. The molecule has 2 unspecified atom stereocenters. The van der Waals surface area contributed by atoms with E-state index < -0.39 is 5.97 Å². The second-order valence-corrected chi connectivity index (χ2v) is 5.85. The standard InChI is InChI=1S/C11H18O3S/c12-9-3-7-5-15-6-8(4-9)10(7)1-2-11(13)14/h7-10,12H,1-6H2,(H,13,14). The van der Waals surface area contributed by atoms with Crippen LogP contribution in [0.1, 0.15) is 25.7 Å². The summed E-state index contributed by atoms with van der Waals surface area (Å²) in [7, 11) is 0. The van der Waals surface area contributed by atoms with E-state index in [4.69, 9.17) is 5.11 Å². The molecule has 0 amide bonds. The molecule has 1 heterocycles. The average molecular weight is 230 g/mol. The molecule has 2 rings (SSSR count). The lowest BCUT2D eigenvalue weighted by Crippen LogP contribution is -2.41. The van der Waals surface area contributed by atoms with Gasteiger partial charge in [-0.05, 0) is 48.5 Å². The molecule has 1 aliphatic carbocycles. The second kappa shape index (κ2) is 4.74. The minimum absolute atomic E-state index is 0.137. The highest BCUT2D eigenvalue weighted by Gasteiger charge is 2.39. The Balaban J connectivity index is 1.95. The summed E-state index contributed by atoms with van der Waals surface area (Å²) in [6, 6.07) is 0. The number of thioether (sulfide) groups is 1. The van der Waals surface area contributed by atoms with Gasteiger partial charge >= 0.3 is 5.97 Å². The molecule has 4 heteroatoms. The Morgan fingerprint density at radius 2 is 1.87 bits per heavy atom. The van der Waals surface area contributed by atoms with Crippen LogP contribution in [-0.2, 0) is 4.79 Å². The summed E-state index contributed by atoms with van der Waals surface area (Å²) < 4.78 is 0. The molecule has 0 spiro atoms. The maximum atomic E-state index is 10.6. The monoisotopic (exact) mass is 230 g/mol. The van der Waals surface area contributed by atoms with Gasteiger partial charge in [-0.2, -0.15) is 11.8 Å². The number of carboxylic acids is 1. The fourth-order valence-electron chi connectivity index (χ4n) is 3.05. The quantitative estimate of drug-likeness (QED) is 0.773. The Labute approximate surface area is 94.3 Å². The van der Waals surface area contributed by atoms with Gasteiger partial charge in [-0.1, -0.05) is 0 Å². The van der Waals surface area contributed by atoms with Crippen molar-refractivity contribution in [2.45, 2.75) is 31.8 Å². The SMILES string of the molecule is O=C(O)CCC1C2CSCC1CC(O)C2. The fourth-order valence-corrected chi connectivity index (χ4v) is 4.55. The van der Waals surface area contributed by atoms with E-state index in [2.05, 4.69) is 0 Å². The van der Waals surface area contributed by atoms with Gasteiger partial charge in [0, 0.05) is 6.42 Å². The van der Waals surface area contributed by atoms with Crippen LogP contribution in [0.3, 0.4) is 0 Å². The molecule has 0 aromatic carbocycles. The predicted molar refractivity (Wildman–Crippen MR) is 59.9 cm³/mol. The number of hydrogen-bond acceptors (Lipinski definition) is 3. The van der Waals surface area contributed by atoms with Gasteiger partial charge in [0.1, 0.15) is 0 Å². The Kier molecular flexibility index (Phi) is 3.57. The lowest BCUT2D eigenvalue weighted by molar-refractivity contribution is -0.137. The summed E-state index contributed by atoms with van der Waals surface area (Å²) in [5, 5.41) is 18.4. The molecule has 0 radical (unpaired) electrons. The van der Waals surface area contributed by atoms with E-state index in [1.807, 2.05) is 11.8 Å². The molecule has 1 aliphatic heterocycles. The van der Waals surface area contributed by atoms with Gasteiger partial charge < -0.3 is 10.2 Å². The number of aliphatic hydroxyl groups is 1. The van der Waals surface area contributed by atoms with Crippen LogP contribution in [0.4, 0.5) is 0 Å². The van der Waals surface area contributed by atoms with Crippen LogP contribution in [0, 0.1) is 17.8 Å². The van der Waals surface area contributed by atoms with Crippen LogP contribution in [0.5, 0.6) is 0 Å². The number of fused-ring (bicyclic) bond motifs is 2. The molecule has 1 saturated carbocycles. The van der Waals surface area contributed by atoms with Crippen molar-refractivity contribution in [3.05, 3.63) is 0 Å². The number of hydrogen-bond donors (Lipinski definition) is 2. The zero-order chi connectivity index (χ0) is 10.8. The molecule has 0 aromatic heterocycles. The van der Waals surface area contributed by atoms with E-state index in [0.29, 0.717) is 24.2 Å². The smallest absolute Gasteiger partial charge is 0.303 e. The van der Waals surface area contributed by atoms with Crippen LogP contribution in [0.15, 0.2) is 0 Å². The summed E-state index contributed by atoms with van der Waals surface area (Å²) in [5.41, 5.74) is 0. The second-order valence-electron chi connectivity index (χ2n) is 4.78. The van der Waals surface area contributed by atoms with Crippen LogP contribution >= 0.6 is 11.8 Å². The van der Waals surface area contributed by atoms with Gasteiger partial charge in [0.05, 0.1) is 6.10 Å². The molecule has 2 bridgehead atoms. The lowest BCUT2D eigenvalue weighted by Gasteiger charge is -2.44. The summed E-state index contributed by atoms with van der Waals surface area (Å²) in [4.78, 5) is 10.6. The largest absolute Gasteiger partial charge is 0.481 e. The lowest BCUT2D eigenvalue weighted by atomic mass is 9.70. The topological polar surface area (TPSA) is 57.5 Å². The molecule has 1 saturated heterocycles. The van der Waals surface area contributed by atoms with Crippen LogP contribution in [-0.4, -0.2) is 33.8 Å². The summed E-state index contributed by atoms with van der Waals surface area (Å²) in [5.74, 6) is 3.18. The van der Waals surface area contributed by atoms with E-state index >= 15 is 0 Å². The minimum Gasteiger partial charge on any atom is -0.481 e. The van der Waals surface area contributed by atoms with Crippen LogP contribution in [0.25, 0.3) is 0 Å². The maximum absolute atomic E-state index is 10.6. The van der Waals surface area contributed by atoms with Crippen molar-refractivity contribution in [3.8, 4) is 0 Å². The zero-order valence-electron chi connectivity index (χ0n) is 8.76. The summed E-state index contributed by atoms with van der Waals surface area (Å²) >= 11 is 1.97. The van der Waals surface area contributed by atoms with Gasteiger partial charge in [-0.15, -0.1) is 0 Å². The van der Waals surface area contributed by atoms with Gasteiger partial charge in [0.2, 0.25) is 0 Å². The average Bonchev–Trinajstić information content (AvgIpc) is 2.14. The number of rotatable bonds is 3. The van der Waals surface area contributed by atoms with E-state index in [-0.39, 0.29) is 6.10 Å². The molecule has 2 N–H and O–H groups in total. The van der Waals surface area contributed by atoms with Gasteiger partial charge in [-0.3, -0.25) is 4.79 Å². The highest BCUT2D eigenvalue weighted by atomic mass is 32.2. The molecule has 2 fully saturated rings. The third kappa shape index (κ3) is 2.67. The number of aliphatic carboxylic acids is 1. The Morgan fingerprint density at radius 3 is 2.40 bits per heavy atom. The molecule has 2 aliphatic rings. The van der Waals surface area contributed by atoms with Crippen molar-refractivity contribution >= 4 is 17.7 Å². The van der Waals surface area contributed by atoms with Crippen molar-refractivity contribution < 1.29 is 15.0 Å². The first-order valence-corrected chi connectivity index (χ1v) is 6.80. The first kappa shape index (κ1) is 11.3. The minimum atomic E-state index is -0.688. The van der Waals surface area contributed by atoms with Crippen LogP contribution < -0.4 is 0 Å². The Hall–Kier alpha value is -0.220. The van der Waals surface area contributed by atoms with Crippen molar-refractivity contribution in [3.63, 3.8) is 0 Å². The molecule has 15 heavy (non-hydrogen) atoms. The van der Waals surface area contributed by atoms with E-state index in [1.54, 1.807) is 0 Å². The van der Waals surface area contributed by atoms with Crippen molar-refractivity contribution in [2.75, 3.05) is 11.5 Å². The first-order valence-electron chi connectivity index (χ1n) is 5.64. The molecule has 86 valence electrons. The summed E-state index contributed by atoms with van der Waals surface area (Å²) in [6.07, 6.45) is 2.72. The normalized spacial score (nSPS) is 40.1. The van der Waals surface area contributed by atoms with E-state index in [1.165, 1.54) is 0 Å². The zero-order valence-corrected chi connectivity index (χ0v) is 9.58. The molecular formula is C11H18O3S. The number of carbonyl (C=O) groups is 1. The van der Waals surface area contributed by atoms with E-state index in [9.17, 15) is 9.90 Å². The fraction of sp³-hybridized carbons (Fsp3) is 0.909. The van der Waals surface area contributed by atoms with Gasteiger partial charge in [0.25, 0.3) is 0 Å². The van der Waals surface area contributed by atoms with Crippen molar-refractivity contribution in [1.29, 1.82) is 0 Å². The number of carboxylic acid groups (broad SMARTS) is 1. The molecule has 2 atom stereocenters. The first-order chi connectivity index (χ1) is 7.16. The van der Waals surface area contributed by atoms with Gasteiger partial charge in [0.15, 0.2) is 0 Å². The molecule has 3 nitrogen and oxygen atoms in total. The van der Waals surface area contributed by atoms with Crippen molar-refractivity contribution in [2.24, 2.45) is 17.8 Å².